The van der Waals surface area contributed by atoms with Crippen LogP contribution in [-0.2, 0) is 9.47 Å². The van der Waals surface area contributed by atoms with E-state index in [1.807, 2.05) is 0 Å². The van der Waals surface area contributed by atoms with Gasteiger partial charge in [0.1, 0.15) is 0 Å². The minimum absolute atomic E-state index is 0.103. The molecule has 1 rings (SSSR count). The summed E-state index contributed by atoms with van der Waals surface area (Å²) in [7, 11) is 1.72. The molecule has 0 aromatic rings. The van der Waals surface area contributed by atoms with E-state index in [4.69, 9.17) is 15.2 Å². The van der Waals surface area contributed by atoms with Gasteiger partial charge in [0.05, 0.1) is 17.3 Å². The Bertz CT molecular complexity index is 209. The molecule has 1 atom stereocenters. The van der Waals surface area contributed by atoms with E-state index in [9.17, 15) is 0 Å². The van der Waals surface area contributed by atoms with E-state index in [1.54, 1.807) is 7.11 Å². The molecule has 1 saturated heterocycles. The highest BCUT2D eigenvalue weighted by Crippen LogP contribution is 2.27. The Morgan fingerprint density at radius 1 is 1.25 bits per heavy atom. The maximum atomic E-state index is 6.03. The minimum atomic E-state index is -0.103. The average Bonchev–Trinajstić information content (AvgIpc) is 2.09. The smallest absolute Gasteiger partial charge is 0.0820 e. The van der Waals surface area contributed by atoms with Crippen LogP contribution in [0.4, 0.5) is 0 Å². The fraction of sp³-hybridized carbons (Fsp3) is 1.00. The molecular formula is C12H26N2O2. The summed E-state index contributed by atoms with van der Waals surface area (Å²) in [4.78, 5) is 2.38. The zero-order valence-corrected chi connectivity index (χ0v) is 11.2. The zero-order valence-electron chi connectivity index (χ0n) is 11.2. The molecule has 1 fully saturated rings. The molecule has 1 aliphatic rings. The number of methoxy groups -OCH3 is 1. The van der Waals surface area contributed by atoms with Crippen molar-refractivity contribution in [3.8, 4) is 0 Å². The second-order valence-electron chi connectivity index (χ2n) is 5.88. The van der Waals surface area contributed by atoms with Crippen molar-refractivity contribution in [2.24, 2.45) is 5.73 Å². The third-order valence-corrected chi connectivity index (χ3v) is 2.82. The number of morpholine rings is 1. The maximum absolute atomic E-state index is 6.03. The fourth-order valence-corrected chi connectivity index (χ4v) is 2.61. The van der Waals surface area contributed by atoms with E-state index < -0.39 is 0 Å². The van der Waals surface area contributed by atoms with Gasteiger partial charge in [0.2, 0.25) is 0 Å². The normalized spacial score (nSPS) is 26.6. The summed E-state index contributed by atoms with van der Waals surface area (Å²) in [6.45, 7) is 11.8. The molecular weight excluding hydrogens is 204 g/mol. The van der Waals surface area contributed by atoms with Crippen molar-refractivity contribution < 1.29 is 9.47 Å². The van der Waals surface area contributed by atoms with E-state index in [1.165, 1.54) is 0 Å². The number of hydrogen-bond donors (Lipinski definition) is 1. The van der Waals surface area contributed by atoms with E-state index >= 15 is 0 Å². The molecule has 0 saturated carbocycles. The number of nitrogens with two attached hydrogens (primary N) is 1. The Balaban J connectivity index is 2.60. The predicted molar refractivity (Wildman–Crippen MR) is 65.5 cm³/mol. The van der Waals surface area contributed by atoms with Crippen LogP contribution in [0.5, 0.6) is 0 Å². The van der Waals surface area contributed by atoms with Crippen LogP contribution in [0.15, 0.2) is 0 Å². The lowest BCUT2D eigenvalue weighted by atomic mass is 9.98. The van der Waals surface area contributed by atoms with Crippen molar-refractivity contribution in [3.05, 3.63) is 0 Å². The van der Waals surface area contributed by atoms with Crippen LogP contribution in [0.25, 0.3) is 0 Å². The van der Waals surface area contributed by atoms with Crippen LogP contribution in [0.3, 0.4) is 0 Å². The molecule has 0 aromatic carbocycles. The number of ether oxygens (including phenoxy) is 2. The molecule has 0 aromatic heterocycles. The molecule has 16 heavy (non-hydrogen) atoms. The summed E-state index contributed by atoms with van der Waals surface area (Å²) < 4.78 is 11.4. The molecule has 1 aliphatic heterocycles. The molecule has 2 N–H and O–H groups in total. The van der Waals surface area contributed by atoms with Gasteiger partial charge in [-0.15, -0.1) is 0 Å². The highest BCUT2D eigenvalue weighted by Gasteiger charge is 2.38. The van der Waals surface area contributed by atoms with Crippen molar-refractivity contribution in [3.63, 3.8) is 0 Å². The fourth-order valence-electron chi connectivity index (χ4n) is 2.61. The molecule has 0 amide bonds. The lowest BCUT2D eigenvalue weighted by molar-refractivity contribution is -0.184. The van der Waals surface area contributed by atoms with Crippen LogP contribution >= 0.6 is 0 Å². The summed E-state index contributed by atoms with van der Waals surface area (Å²) >= 11 is 0. The minimum Gasteiger partial charge on any atom is -0.379 e. The second kappa shape index (κ2) is 5.00. The van der Waals surface area contributed by atoms with Gasteiger partial charge >= 0.3 is 0 Å². The Labute approximate surface area is 99.1 Å². The van der Waals surface area contributed by atoms with Crippen molar-refractivity contribution in [1.29, 1.82) is 0 Å². The Morgan fingerprint density at radius 2 is 1.75 bits per heavy atom. The molecule has 0 bridgehead atoms. The van der Waals surface area contributed by atoms with Crippen molar-refractivity contribution in [1.82, 2.24) is 4.90 Å². The molecule has 0 spiro atoms. The van der Waals surface area contributed by atoms with Gasteiger partial charge in [-0.1, -0.05) is 0 Å². The largest absolute Gasteiger partial charge is 0.379 e. The van der Waals surface area contributed by atoms with E-state index in [2.05, 4.69) is 32.6 Å². The molecule has 1 heterocycles. The SMILES string of the molecule is COC(CN)CN1CC(C)(C)OC(C)(C)C1. The van der Waals surface area contributed by atoms with Gasteiger partial charge in [0, 0.05) is 33.3 Å². The van der Waals surface area contributed by atoms with Gasteiger partial charge < -0.3 is 15.2 Å². The quantitative estimate of drug-likeness (QED) is 0.778. The summed E-state index contributed by atoms with van der Waals surface area (Å²) in [5.41, 5.74) is 5.45. The summed E-state index contributed by atoms with van der Waals surface area (Å²) in [6, 6.07) is 0. The topological polar surface area (TPSA) is 47.7 Å². The summed E-state index contributed by atoms with van der Waals surface area (Å²) in [6.07, 6.45) is 0.115. The van der Waals surface area contributed by atoms with Crippen molar-refractivity contribution >= 4 is 0 Å². The highest BCUT2D eigenvalue weighted by atomic mass is 16.5. The summed E-state index contributed by atoms with van der Waals surface area (Å²) in [5, 5.41) is 0. The van der Waals surface area contributed by atoms with Crippen molar-refractivity contribution in [2.45, 2.75) is 45.0 Å². The van der Waals surface area contributed by atoms with Gasteiger partial charge in [-0.05, 0) is 27.7 Å². The lowest BCUT2D eigenvalue weighted by Crippen LogP contribution is -2.58. The van der Waals surface area contributed by atoms with E-state index in [0.29, 0.717) is 6.54 Å². The Hall–Kier alpha value is -0.160. The van der Waals surface area contributed by atoms with E-state index in [-0.39, 0.29) is 17.3 Å². The number of nitrogens with zero attached hydrogens (tertiary/aromatic N) is 1. The van der Waals surface area contributed by atoms with Crippen molar-refractivity contribution in [2.75, 3.05) is 33.3 Å². The number of rotatable bonds is 4. The molecule has 4 nitrogen and oxygen atoms in total. The van der Waals surface area contributed by atoms with Gasteiger partial charge in [-0.2, -0.15) is 0 Å². The van der Waals surface area contributed by atoms with Crippen LogP contribution < -0.4 is 5.73 Å². The average molecular weight is 230 g/mol. The Morgan fingerprint density at radius 3 is 2.12 bits per heavy atom. The van der Waals surface area contributed by atoms with Gasteiger partial charge in [-0.3, -0.25) is 4.90 Å². The first-order chi connectivity index (χ1) is 7.28. The number of hydrogen-bond acceptors (Lipinski definition) is 4. The van der Waals surface area contributed by atoms with Crippen LogP contribution in [0, 0.1) is 0 Å². The monoisotopic (exact) mass is 230 g/mol. The van der Waals surface area contributed by atoms with Gasteiger partial charge in [-0.25, -0.2) is 0 Å². The summed E-state index contributed by atoms with van der Waals surface area (Å²) in [5.74, 6) is 0. The highest BCUT2D eigenvalue weighted by molar-refractivity contribution is 4.89. The van der Waals surface area contributed by atoms with Crippen LogP contribution in [0.2, 0.25) is 0 Å². The van der Waals surface area contributed by atoms with Crippen LogP contribution in [-0.4, -0.2) is 55.5 Å². The first kappa shape index (κ1) is 13.9. The van der Waals surface area contributed by atoms with Gasteiger partial charge in [0.25, 0.3) is 0 Å². The standard InChI is InChI=1S/C12H26N2O2/c1-11(2)8-14(7-10(6-13)15-5)9-12(3,4)16-11/h10H,6-9,13H2,1-5H3. The molecule has 1 unspecified atom stereocenters. The first-order valence-electron chi connectivity index (χ1n) is 5.93. The third-order valence-electron chi connectivity index (χ3n) is 2.82. The molecule has 0 aliphatic carbocycles. The van der Waals surface area contributed by atoms with Gasteiger partial charge in [0.15, 0.2) is 0 Å². The Kier molecular flexibility index (Phi) is 4.35. The van der Waals surface area contributed by atoms with Crippen LogP contribution in [0.1, 0.15) is 27.7 Å². The lowest BCUT2D eigenvalue weighted by Gasteiger charge is -2.47. The maximum Gasteiger partial charge on any atom is 0.0820 e. The van der Waals surface area contributed by atoms with E-state index in [0.717, 1.165) is 19.6 Å². The molecule has 0 radical (unpaired) electrons. The third kappa shape index (κ3) is 4.01. The second-order valence-corrected chi connectivity index (χ2v) is 5.88. The first-order valence-corrected chi connectivity index (χ1v) is 5.93. The molecule has 96 valence electrons. The molecule has 4 heteroatoms. The predicted octanol–water partition coefficient (Wildman–Crippen LogP) is 0.849. The zero-order chi connectivity index (χ0) is 12.4.